The lowest BCUT2D eigenvalue weighted by Gasteiger charge is -2.22. The van der Waals surface area contributed by atoms with Crippen LogP contribution in [-0.2, 0) is 17.8 Å². The van der Waals surface area contributed by atoms with Gasteiger partial charge in [0.1, 0.15) is 11.8 Å². The quantitative estimate of drug-likeness (QED) is 0.169. The molecule has 36 heavy (non-hydrogen) atoms. The molecule has 2 aromatic carbocycles. The maximum Gasteiger partial charge on any atom is 0.321 e. The first-order valence-electron chi connectivity index (χ1n) is 13.3. The van der Waals surface area contributed by atoms with Gasteiger partial charge in [-0.2, -0.15) is 0 Å². The van der Waals surface area contributed by atoms with Gasteiger partial charge in [-0.05, 0) is 87.4 Å². The molecule has 3 aromatic rings. The van der Waals surface area contributed by atoms with Gasteiger partial charge in [0.2, 0.25) is 0 Å². The van der Waals surface area contributed by atoms with Crippen LogP contribution in [-0.4, -0.2) is 48.0 Å². The zero-order valence-corrected chi connectivity index (χ0v) is 21.3. The van der Waals surface area contributed by atoms with Crippen LogP contribution >= 0.6 is 0 Å². The molecule has 0 amide bonds. The van der Waals surface area contributed by atoms with Gasteiger partial charge in [-0.3, -0.25) is 15.4 Å². The van der Waals surface area contributed by atoms with Crippen molar-refractivity contribution in [3.8, 4) is 5.75 Å². The Morgan fingerprint density at radius 2 is 1.89 bits per heavy atom. The Labute approximate surface area is 214 Å². The van der Waals surface area contributed by atoms with Gasteiger partial charge >= 0.3 is 5.97 Å². The molecule has 1 aliphatic heterocycles. The van der Waals surface area contributed by atoms with Gasteiger partial charge in [0, 0.05) is 23.6 Å². The average Bonchev–Trinajstić information content (AvgIpc) is 3.31. The summed E-state index contributed by atoms with van der Waals surface area (Å²) in [5.41, 5.74) is 3.23. The number of nitrogens with one attached hydrogen (secondary N) is 4. The number of rotatable bonds is 14. The van der Waals surface area contributed by atoms with E-state index in [1.54, 1.807) is 0 Å². The van der Waals surface area contributed by atoms with Crippen LogP contribution in [0.25, 0.3) is 10.9 Å². The summed E-state index contributed by atoms with van der Waals surface area (Å²) in [6.45, 7) is 5.64. The number of carboxylic acids is 1. The largest absolute Gasteiger partial charge is 0.494 e. The molecule has 0 bridgehead atoms. The number of aromatic amines is 1. The number of H-pyrrole nitrogens is 1. The Kier molecular flexibility index (Phi) is 9.78. The SMILES string of the molecule is CC(NCc1c[nH]c2ccccc12)NC(Cc1ccc(OCCCCC2CCNCC2)cc1)C(=O)O. The summed E-state index contributed by atoms with van der Waals surface area (Å²) in [5, 5.41) is 21.0. The second-order valence-corrected chi connectivity index (χ2v) is 9.91. The number of carbonyl (C=O) groups is 1. The van der Waals surface area contributed by atoms with Gasteiger partial charge in [-0.1, -0.05) is 36.8 Å². The van der Waals surface area contributed by atoms with E-state index in [1.807, 2.05) is 55.6 Å². The van der Waals surface area contributed by atoms with Crippen LogP contribution in [0.2, 0.25) is 0 Å². The summed E-state index contributed by atoms with van der Waals surface area (Å²) < 4.78 is 5.91. The summed E-state index contributed by atoms with van der Waals surface area (Å²) >= 11 is 0. The smallest absolute Gasteiger partial charge is 0.321 e. The summed E-state index contributed by atoms with van der Waals surface area (Å²) in [6, 6.07) is 15.3. The standard InChI is InChI=1S/C29H40N4O3/c1-21(31-19-24-20-32-27-8-3-2-7-26(24)27)33-28(29(34)35)18-23-9-11-25(12-10-23)36-17-5-4-6-22-13-15-30-16-14-22/h2-3,7-12,20-22,28,30-33H,4-6,13-19H2,1H3,(H,34,35). The highest BCUT2D eigenvalue weighted by Gasteiger charge is 2.20. The number of carboxylic acid groups (broad SMARTS) is 1. The number of piperidine rings is 1. The summed E-state index contributed by atoms with van der Waals surface area (Å²) in [6.07, 6.45) is 8.42. The molecule has 5 N–H and O–H groups in total. The average molecular weight is 493 g/mol. The van der Waals surface area contributed by atoms with Crippen LogP contribution in [0, 0.1) is 5.92 Å². The molecular formula is C29H40N4O3. The van der Waals surface area contributed by atoms with Crippen molar-refractivity contribution in [2.45, 2.75) is 64.2 Å². The fourth-order valence-electron chi connectivity index (χ4n) is 4.97. The first-order chi connectivity index (χ1) is 17.6. The second kappa shape index (κ2) is 13.4. The lowest BCUT2D eigenvalue weighted by Crippen LogP contribution is -2.49. The van der Waals surface area contributed by atoms with E-state index in [2.05, 4.69) is 27.0 Å². The van der Waals surface area contributed by atoms with Crippen molar-refractivity contribution >= 4 is 16.9 Å². The topological polar surface area (TPSA) is 98.4 Å². The second-order valence-electron chi connectivity index (χ2n) is 9.91. The highest BCUT2D eigenvalue weighted by Crippen LogP contribution is 2.20. The third-order valence-electron chi connectivity index (χ3n) is 7.12. The van der Waals surface area contributed by atoms with Crippen LogP contribution in [0.1, 0.15) is 50.2 Å². The van der Waals surface area contributed by atoms with E-state index in [0.717, 1.165) is 54.4 Å². The van der Waals surface area contributed by atoms with E-state index in [1.165, 1.54) is 31.1 Å². The molecule has 2 atom stereocenters. The van der Waals surface area contributed by atoms with Crippen LogP contribution < -0.4 is 20.7 Å². The van der Waals surface area contributed by atoms with Crippen molar-refractivity contribution in [1.29, 1.82) is 0 Å². The Morgan fingerprint density at radius 3 is 2.67 bits per heavy atom. The molecule has 1 aromatic heterocycles. The fraction of sp³-hybridized carbons (Fsp3) is 0.483. The van der Waals surface area contributed by atoms with Crippen molar-refractivity contribution < 1.29 is 14.6 Å². The normalized spacial score (nSPS) is 16.1. The molecule has 7 heteroatoms. The van der Waals surface area contributed by atoms with Crippen molar-refractivity contribution in [1.82, 2.24) is 20.9 Å². The molecule has 1 fully saturated rings. The Morgan fingerprint density at radius 1 is 1.11 bits per heavy atom. The number of hydrogen-bond donors (Lipinski definition) is 5. The number of aliphatic carboxylic acids is 1. The van der Waals surface area contributed by atoms with E-state index in [4.69, 9.17) is 4.74 Å². The van der Waals surface area contributed by atoms with Gasteiger partial charge in [-0.25, -0.2) is 0 Å². The third-order valence-corrected chi connectivity index (χ3v) is 7.12. The van der Waals surface area contributed by atoms with Crippen LogP contribution in [0.15, 0.2) is 54.7 Å². The molecule has 1 saturated heterocycles. The van der Waals surface area contributed by atoms with E-state index in [0.29, 0.717) is 13.0 Å². The predicted octanol–water partition coefficient (Wildman–Crippen LogP) is 4.44. The molecule has 1 aliphatic rings. The van der Waals surface area contributed by atoms with E-state index >= 15 is 0 Å². The molecule has 194 valence electrons. The number of unbranched alkanes of at least 4 members (excludes halogenated alkanes) is 1. The summed E-state index contributed by atoms with van der Waals surface area (Å²) in [5.74, 6) is 0.854. The van der Waals surface area contributed by atoms with Crippen molar-refractivity contribution in [3.05, 3.63) is 65.9 Å². The predicted molar refractivity (Wildman–Crippen MR) is 144 cm³/mol. The van der Waals surface area contributed by atoms with Gasteiger partial charge in [0.25, 0.3) is 0 Å². The maximum atomic E-state index is 11.9. The molecular weight excluding hydrogens is 452 g/mol. The minimum atomic E-state index is -0.857. The molecule has 0 aliphatic carbocycles. The van der Waals surface area contributed by atoms with E-state index < -0.39 is 12.0 Å². The number of aromatic nitrogens is 1. The van der Waals surface area contributed by atoms with Gasteiger partial charge in [0.05, 0.1) is 12.8 Å². The first-order valence-corrected chi connectivity index (χ1v) is 13.3. The minimum Gasteiger partial charge on any atom is -0.494 e. The first kappa shape index (κ1) is 26.2. The van der Waals surface area contributed by atoms with Crippen molar-refractivity contribution in [2.75, 3.05) is 19.7 Å². The minimum absolute atomic E-state index is 0.160. The lowest BCUT2D eigenvalue weighted by molar-refractivity contribution is -0.139. The zero-order valence-electron chi connectivity index (χ0n) is 21.3. The third kappa shape index (κ3) is 7.82. The van der Waals surface area contributed by atoms with E-state index in [-0.39, 0.29) is 6.17 Å². The van der Waals surface area contributed by atoms with E-state index in [9.17, 15) is 9.90 Å². The number of hydrogen-bond acceptors (Lipinski definition) is 5. The number of ether oxygens (including phenoxy) is 1. The molecule has 2 unspecified atom stereocenters. The highest BCUT2D eigenvalue weighted by molar-refractivity contribution is 5.83. The van der Waals surface area contributed by atoms with Crippen molar-refractivity contribution in [2.24, 2.45) is 5.92 Å². The summed E-state index contributed by atoms with van der Waals surface area (Å²) in [4.78, 5) is 15.2. The van der Waals surface area contributed by atoms with Crippen LogP contribution in [0.5, 0.6) is 5.75 Å². The number of para-hydroxylation sites is 1. The van der Waals surface area contributed by atoms with Crippen molar-refractivity contribution in [3.63, 3.8) is 0 Å². The van der Waals surface area contributed by atoms with Gasteiger partial charge in [0.15, 0.2) is 0 Å². The molecule has 0 saturated carbocycles. The summed E-state index contributed by atoms with van der Waals surface area (Å²) in [7, 11) is 0. The van der Waals surface area contributed by atoms with Gasteiger partial charge < -0.3 is 20.1 Å². The van der Waals surface area contributed by atoms with Crippen LogP contribution in [0.3, 0.4) is 0 Å². The monoisotopic (exact) mass is 492 g/mol. The Hall–Kier alpha value is -2.87. The fourth-order valence-corrected chi connectivity index (χ4v) is 4.97. The number of benzene rings is 2. The van der Waals surface area contributed by atoms with Gasteiger partial charge in [-0.15, -0.1) is 0 Å². The highest BCUT2D eigenvalue weighted by atomic mass is 16.5. The molecule has 0 spiro atoms. The zero-order chi connectivity index (χ0) is 25.2. The molecule has 2 heterocycles. The molecule has 7 nitrogen and oxygen atoms in total. The van der Waals surface area contributed by atoms with Crippen LogP contribution in [0.4, 0.5) is 0 Å². The number of fused-ring (bicyclic) bond motifs is 1. The lowest BCUT2D eigenvalue weighted by atomic mass is 9.93. The Bertz CT molecular complexity index is 1080. The maximum absolute atomic E-state index is 11.9. The molecule has 4 rings (SSSR count). The molecule has 0 radical (unpaired) electrons. The Balaban J connectivity index is 1.18.